The summed E-state index contributed by atoms with van der Waals surface area (Å²) in [6.07, 6.45) is -0.263. The highest BCUT2D eigenvalue weighted by Crippen LogP contribution is 2.61. The van der Waals surface area contributed by atoms with Gasteiger partial charge in [-0.2, -0.15) is 0 Å². The van der Waals surface area contributed by atoms with Crippen LogP contribution in [0, 0.1) is 0 Å². The molecule has 7 heteroatoms. The molecule has 0 aliphatic carbocycles. The van der Waals surface area contributed by atoms with E-state index in [0.717, 1.165) is 11.4 Å². The Morgan fingerprint density at radius 1 is 0.879 bits per heavy atom. The second-order valence-corrected chi connectivity index (χ2v) is 10.6. The highest BCUT2D eigenvalue weighted by Gasteiger charge is 2.40. The van der Waals surface area contributed by atoms with Crippen molar-refractivity contribution in [1.82, 2.24) is 0 Å². The SMILES string of the molecule is COc1ccc(OC)c([C@H](Nc2ccccc2)[P@@](=O)(OC(C)C)c2ccc(N(C)C)cc2)c1. The predicted octanol–water partition coefficient (Wildman–Crippen LogP) is 5.91. The number of methoxy groups -OCH3 is 2. The second kappa shape index (κ2) is 10.8. The molecule has 1 N–H and O–H groups in total. The van der Waals surface area contributed by atoms with Crippen LogP contribution in [0.2, 0.25) is 0 Å². The molecule has 0 radical (unpaired) electrons. The molecule has 0 amide bonds. The molecule has 0 spiro atoms. The van der Waals surface area contributed by atoms with Gasteiger partial charge in [0, 0.05) is 36.3 Å². The van der Waals surface area contributed by atoms with E-state index in [1.54, 1.807) is 14.2 Å². The van der Waals surface area contributed by atoms with Crippen LogP contribution in [0.25, 0.3) is 0 Å². The first kappa shape index (κ1) is 24.7. The van der Waals surface area contributed by atoms with E-state index in [1.807, 2.05) is 106 Å². The molecule has 0 unspecified atom stereocenters. The molecule has 0 bridgehead atoms. The van der Waals surface area contributed by atoms with Gasteiger partial charge in [0.15, 0.2) is 0 Å². The minimum atomic E-state index is -3.51. The topological polar surface area (TPSA) is 60.0 Å². The summed E-state index contributed by atoms with van der Waals surface area (Å²) in [7, 11) is 3.64. The third-order valence-corrected chi connectivity index (χ3v) is 8.08. The number of nitrogens with one attached hydrogen (secondary N) is 1. The minimum absolute atomic E-state index is 0.263. The molecule has 0 aliphatic rings. The first-order valence-corrected chi connectivity index (χ1v) is 12.6. The molecule has 3 aromatic rings. The fraction of sp³-hybridized carbons (Fsp3) is 0.308. The van der Waals surface area contributed by atoms with E-state index in [9.17, 15) is 4.57 Å². The van der Waals surface area contributed by atoms with Gasteiger partial charge < -0.3 is 24.2 Å². The summed E-state index contributed by atoms with van der Waals surface area (Å²) in [5.74, 6) is 0.531. The van der Waals surface area contributed by atoms with Gasteiger partial charge in [0.2, 0.25) is 0 Å². The van der Waals surface area contributed by atoms with E-state index in [0.29, 0.717) is 22.4 Å². The summed E-state index contributed by atoms with van der Waals surface area (Å²) in [4.78, 5) is 2.00. The van der Waals surface area contributed by atoms with E-state index < -0.39 is 13.2 Å². The molecular formula is C26H33N2O4P. The zero-order valence-electron chi connectivity index (χ0n) is 20.1. The molecule has 0 heterocycles. The Morgan fingerprint density at radius 3 is 2.09 bits per heavy atom. The summed E-state index contributed by atoms with van der Waals surface area (Å²) in [6.45, 7) is 3.78. The zero-order chi connectivity index (χ0) is 24.0. The maximum absolute atomic E-state index is 14.9. The number of ether oxygens (including phenoxy) is 2. The van der Waals surface area contributed by atoms with Gasteiger partial charge in [0.25, 0.3) is 7.37 Å². The van der Waals surface area contributed by atoms with Gasteiger partial charge in [-0.3, -0.25) is 4.57 Å². The molecule has 0 fully saturated rings. The minimum Gasteiger partial charge on any atom is -0.497 e. The second-order valence-electron chi connectivity index (χ2n) is 8.18. The molecule has 3 aromatic carbocycles. The number of hydrogen-bond acceptors (Lipinski definition) is 6. The van der Waals surface area contributed by atoms with E-state index in [1.165, 1.54) is 0 Å². The van der Waals surface area contributed by atoms with Crippen LogP contribution in [0.1, 0.15) is 25.2 Å². The van der Waals surface area contributed by atoms with Crippen molar-refractivity contribution >= 4 is 24.0 Å². The molecule has 2 atom stereocenters. The largest absolute Gasteiger partial charge is 0.497 e. The number of hydrogen-bond donors (Lipinski definition) is 1. The lowest BCUT2D eigenvalue weighted by molar-refractivity contribution is 0.245. The van der Waals surface area contributed by atoms with E-state index >= 15 is 0 Å². The van der Waals surface area contributed by atoms with Crippen LogP contribution in [-0.4, -0.2) is 34.4 Å². The van der Waals surface area contributed by atoms with Crippen molar-refractivity contribution in [2.75, 3.05) is 38.5 Å². The van der Waals surface area contributed by atoms with Crippen LogP contribution < -0.4 is 25.0 Å². The van der Waals surface area contributed by atoms with Crippen LogP contribution in [0.5, 0.6) is 11.5 Å². The van der Waals surface area contributed by atoms with Crippen LogP contribution >= 0.6 is 7.37 Å². The molecule has 0 saturated carbocycles. The van der Waals surface area contributed by atoms with Gasteiger partial charge in [-0.05, 0) is 68.4 Å². The van der Waals surface area contributed by atoms with Crippen molar-refractivity contribution < 1.29 is 18.6 Å². The Bertz CT molecular complexity index is 1090. The maximum atomic E-state index is 14.9. The van der Waals surface area contributed by atoms with Gasteiger partial charge in [-0.25, -0.2) is 0 Å². The molecule has 0 aliphatic heterocycles. The highest BCUT2D eigenvalue weighted by molar-refractivity contribution is 7.67. The van der Waals surface area contributed by atoms with Gasteiger partial charge in [0.05, 0.1) is 20.3 Å². The van der Waals surface area contributed by atoms with Crippen molar-refractivity contribution in [3.63, 3.8) is 0 Å². The lowest BCUT2D eigenvalue weighted by Crippen LogP contribution is -2.23. The molecule has 0 saturated heterocycles. The fourth-order valence-electron chi connectivity index (χ4n) is 3.63. The maximum Gasteiger partial charge on any atom is 0.258 e. The van der Waals surface area contributed by atoms with Gasteiger partial charge in [-0.15, -0.1) is 0 Å². The summed E-state index contributed by atoms with van der Waals surface area (Å²) in [6, 6.07) is 22.8. The Hall–Kier alpha value is -2.95. The van der Waals surface area contributed by atoms with E-state index in [4.69, 9.17) is 14.0 Å². The van der Waals surface area contributed by atoms with Gasteiger partial charge >= 0.3 is 0 Å². The molecule has 176 valence electrons. The molecule has 3 rings (SSSR count). The molecule has 33 heavy (non-hydrogen) atoms. The third-order valence-electron chi connectivity index (χ3n) is 5.24. The fourth-order valence-corrected chi connectivity index (χ4v) is 6.25. The molecule has 6 nitrogen and oxygen atoms in total. The Morgan fingerprint density at radius 2 is 1.55 bits per heavy atom. The van der Waals surface area contributed by atoms with E-state index in [-0.39, 0.29) is 6.10 Å². The Labute approximate surface area is 196 Å². The normalized spacial score (nSPS) is 13.8. The van der Waals surface area contributed by atoms with Crippen molar-refractivity contribution in [3.05, 3.63) is 78.4 Å². The van der Waals surface area contributed by atoms with Crippen molar-refractivity contribution in [3.8, 4) is 11.5 Å². The van der Waals surface area contributed by atoms with Crippen molar-refractivity contribution in [1.29, 1.82) is 0 Å². The quantitative estimate of drug-likeness (QED) is 0.373. The number of benzene rings is 3. The third kappa shape index (κ3) is 5.70. The zero-order valence-corrected chi connectivity index (χ0v) is 21.0. The highest BCUT2D eigenvalue weighted by atomic mass is 31.2. The average Bonchev–Trinajstić information content (AvgIpc) is 2.82. The van der Waals surface area contributed by atoms with Gasteiger partial charge in [-0.1, -0.05) is 18.2 Å². The number of anilines is 2. The average molecular weight is 469 g/mol. The smallest absolute Gasteiger partial charge is 0.258 e. The van der Waals surface area contributed by atoms with Crippen LogP contribution in [0.4, 0.5) is 11.4 Å². The van der Waals surface area contributed by atoms with Crippen LogP contribution in [0.15, 0.2) is 72.8 Å². The first-order chi connectivity index (χ1) is 15.8. The lowest BCUT2D eigenvalue weighted by atomic mass is 10.1. The summed E-state index contributed by atoms with van der Waals surface area (Å²) in [5.41, 5.74) is 2.53. The lowest BCUT2D eigenvalue weighted by Gasteiger charge is -2.32. The van der Waals surface area contributed by atoms with Crippen molar-refractivity contribution in [2.24, 2.45) is 0 Å². The Kier molecular flexibility index (Phi) is 8.06. The number of rotatable bonds is 10. The summed E-state index contributed by atoms with van der Waals surface area (Å²) < 4.78 is 32.3. The monoisotopic (exact) mass is 468 g/mol. The number of para-hydroxylation sites is 1. The predicted molar refractivity (Wildman–Crippen MR) is 137 cm³/mol. The number of nitrogens with zero attached hydrogens (tertiary/aromatic N) is 1. The Balaban J connectivity index is 2.23. The molecule has 0 aromatic heterocycles. The standard InChI is InChI=1S/C26H33N2O4P/c1-19(2)32-33(29,23-15-12-21(13-16-23)28(3)4)26(27-20-10-8-7-9-11-20)24-18-22(30-5)14-17-25(24)31-6/h7-19,26-27H,1-6H3/t26-,33+/m1/s1. The van der Waals surface area contributed by atoms with E-state index in [2.05, 4.69) is 5.32 Å². The molecular weight excluding hydrogens is 435 g/mol. The van der Waals surface area contributed by atoms with Gasteiger partial charge in [0.1, 0.15) is 17.3 Å². The summed E-state index contributed by atoms with van der Waals surface area (Å²) in [5, 5.41) is 4.09. The van der Waals surface area contributed by atoms with Crippen molar-refractivity contribution in [2.45, 2.75) is 25.7 Å². The van der Waals surface area contributed by atoms with Crippen LogP contribution in [-0.2, 0) is 9.09 Å². The first-order valence-electron chi connectivity index (χ1n) is 10.9. The summed E-state index contributed by atoms with van der Waals surface area (Å²) >= 11 is 0. The van der Waals surface area contributed by atoms with Crippen LogP contribution in [0.3, 0.4) is 0 Å².